The maximum atomic E-state index is 12.6. The van der Waals surface area contributed by atoms with E-state index in [0.29, 0.717) is 6.54 Å². The van der Waals surface area contributed by atoms with Gasteiger partial charge in [-0.15, -0.1) is 0 Å². The largest absolute Gasteiger partial charge is 0.343 e. The van der Waals surface area contributed by atoms with Crippen molar-refractivity contribution in [2.45, 2.75) is 20.3 Å². The van der Waals surface area contributed by atoms with Gasteiger partial charge in [0, 0.05) is 12.2 Å². The first-order chi connectivity index (χ1) is 13.4. The number of anilines is 1. The molecule has 1 aromatic heterocycles. The van der Waals surface area contributed by atoms with Crippen LogP contribution < -0.4 is 15.8 Å². The van der Waals surface area contributed by atoms with Gasteiger partial charge in [0.1, 0.15) is 5.56 Å². The summed E-state index contributed by atoms with van der Waals surface area (Å²) in [5.74, 6) is -0.745. The van der Waals surface area contributed by atoms with Gasteiger partial charge in [-0.2, -0.15) is 0 Å². The minimum atomic E-state index is -0.553. The summed E-state index contributed by atoms with van der Waals surface area (Å²) >= 11 is 0. The fourth-order valence-electron chi connectivity index (χ4n) is 3.80. The van der Waals surface area contributed by atoms with Crippen LogP contribution in [0.5, 0.6) is 0 Å². The monoisotopic (exact) mass is 375 g/mol. The Bertz CT molecular complexity index is 1160. The number of carbonyl (C=O) groups excluding carboxylic acids is 2. The molecule has 0 bridgehead atoms. The predicted octanol–water partition coefficient (Wildman–Crippen LogP) is 2.46. The average Bonchev–Trinajstić information content (AvgIpc) is 3.10. The Labute approximate surface area is 162 Å². The van der Waals surface area contributed by atoms with Crippen LogP contribution in [-0.2, 0) is 11.2 Å². The molecule has 142 valence electrons. The zero-order valence-corrected chi connectivity index (χ0v) is 15.8. The van der Waals surface area contributed by atoms with Crippen molar-refractivity contribution in [2.75, 3.05) is 18.0 Å². The van der Waals surface area contributed by atoms with Crippen molar-refractivity contribution >= 4 is 28.4 Å². The zero-order valence-electron chi connectivity index (χ0n) is 15.8. The van der Waals surface area contributed by atoms with Crippen LogP contribution in [-0.4, -0.2) is 29.9 Å². The highest BCUT2D eigenvalue weighted by atomic mass is 16.2. The van der Waals surface area contributed by atoms with E-state index in [4.69, 9.17) is 0 Å². The van der Waals surface area contributed by atoms with Crippen molar-refractivity contribution < 1.29 is 9.59 Å². The molecule has 2 N–H and O–H groups in total. The number of benzene rings is 2. The number of nitrogens with zero attached hydrogens (tertiary/aromatic N) is 1. The number of H-pyrrole nitrogens is 1. The van der Waals surface area contributed by atoms with E-state index in [1.165, 1.54) is 0 Å². The van der Waals surface area contributed by atoms with Crippen LogP contribution in [0.2, 0.25) is 0 Å². The third-order valence-electron chi connectivity index (χ3n) is 5.13. The van der Waals surface area contributed by atoms with Crippen molar-refractivity contribution in [2.24, 2.45) is 0 Å². The highest BCUT2D eigenvalue weighted by molar-refractivity contribution is 6.02. The molecule has 6 heteroatoms. The van der Waals surface area contributed by atoms with Gasteiger partial charge in [-0.3, -0.25) is 14.4 Å². The van der Waals surface area contributed by atoms with Crippen LogP contribution in [0.25, 0.3) is 10.9 Å². The topological polar surface area (TPSA) is 82.3 Å². The molecule has 6 nitrogen and oxygen atoms in total. The summed E-state index contributed by atoms with van der Waals surface area (Å²) in [7, 11) is 0. The van der Waals surface area contributed by atoms with Crippen LogP contribution >= 0.6 is 0 Å². The van der Waals surface area contributed by atoms with Crippen LogP contribution in [0.15, 0.2) is 47.3 Å². The molecule has 0 saturated heterocycles. The summed E-state index contributed by atoms with van der Waals surface area (Å²) in [5, 5.41) is 3.38. The number of pyridine rings is 1. The lowest BCUT2D eigenvalue weighted by atomic mass is 10.1. The number of aromatic amines is 1. The number of fused-ring (bicyclic) bond motifs is 2. The number of aryl methyl sites for hydroxylation is 2. The van der Waals surface area contributed by atoms with Gasteiger partial charge >= 0.3 is 0 Å². The van der Waals surface area contributed by atoms with E-state index < -0.39 is 11.5 Å². The lowest BCUT2D eigenvalue weighted by Gasteiger charge is -2.17. The van der Waals surface area contributed by atoms with E-state index in [-0.39, 0.29) is 18.0 Å². The molecule has 3 aromatic rings. The summed E-state index contributed by atoms with van der Waals surface area (Å²) in [5.41, 5.74) is 4.27. The van der Waals surface area contributed by atoms with E-state index in [1.54, 1.807) is 11.0 Å². The number of rotatable bonds is 3. The van der Waals surface area contributed by atoms with Crippen molar-refractivity contribution in [3.8, 4) is 0 Å². The molecule has 0 unspecified atom stereocenters. The third-order valence-corrected chi connectivity index (χ3v) is 5.13. The SMILES string of the molecule is Cc1cc(C)c2[nH]c(=O)c(C(=O)NCC(=O)N3CCc4ccccc43)cc2c1. The minimum Gasteiger partial charge on any atom is -0.343 e. The van der Waals surface area contributed by atoms with Gasteiger partial charge in [-0.1, -0.05) is 29.8 Å². The first kappa shape index (κ1) is 18.0. The Kier molecular flexibility index (Phi) is 4.47. The fourth-order valence-corrected chi connectivity index (χ4v) is 3.80. The molecule has 0 aliphatic carbocycles. The van der Waals surface area contributed by atoms with Crippen molar-refractivity contribution in [3.05, 3.63) is 75.1 Å². The quantitative estimate of drug-likeness (QED) is 0.738. The normalized spacial score (nSPS) is 12.9. The second kappa shape index (κ2) is 6.96. The fraction of sp³-hybridized carbons (Fsp3) is 0.227. The smallest absolute Gasteiger partial charge is 0.261 e. The molecule has 2 amide bonds. The van der Waals surface area contributed by atoms with Crippen LogP contribution in [0, 0.1) is 13.8 Å². The maximum absolute atomic E-state index is 12.6. The van der Waals surface area contributed by atoms with Gasteiger partial charge in [-0.05, 0) is 55.0 Å². The van der Waals surface area contributed by atoms with Gasteiger partial charge in [0.25, 0.3) is 11.5 Å². The summed E-state index contributed by atoms with van der Waals surface area (Å²) in [6.07, 6.45) is 0.804. The summed E-state index contributed by atoms with van der Waals surface area (Å²) in [6.45, 7) is 4.32. The van der Waals surface area contributed by atoms with E-state index in [1.807, 2.05) is 50.2 Å². The molecule has 0 saturated carbocycles. The summed E-state index contributed by atoms with van der Waals surface area (Å²) < 4.78 is 0. The number of amides is 2. The van der Waals surface area contributed by atoms with Gasteiger partial charge < -0.3 is 15.2 Å². The Hall–Kier alpha value is -3.41. The Morgan fingerprint density at radius 2 is 1.93 bits per heavy atom. The second-order valence-electron chi connectivity index (χ2n) is 7.16. The van der Waals surface area contributed by atoms with Gasteiger partial charge in [0.2, 0.25) is 5.91 Å². The number of hydrogen-bond acceptors (Lipinski definition) is 3. The number of nitrogens with one attached hydrogen (secondary N) is 2. The Morgan fingerprint density at radius 1 is 1.14 bits per heavy atom. The molecule has 0 radical (unpaired) electrons. The molecule has 0 atom stereocenters. The highest BCUT2D eigenvalue weighted by Gasteiger charge is 2.24. The highest BCUT2D eigenvalue weighted by Crippen LogP contribution is 2.27. The van der Waals surface area contributed by atoms with Gasteiger partial charge in [0.15, 0.2) is 0 Å². The number of carbonyl (C=O) groups is 2. The lowest BCUT2D eigenvalue weighted by molar-refractivity contribution is -0.117. The third kappa shape index (κ3) is 3.17. The number of aromatic nitrogens is 1. The van der Waals surface area contributed by atoms with Crippen molar-refractivity contribution in [1.29, 1.82) is 0 Å². The molecule has 1 aliphatic heterocycles. The standard InChI is InChI=1S/C22H21N3O3/c1-13-9-14(2)20-16(10-13)11-17(22(28)24-20)21(27)23-12-19(26)25-8-7-15-5-3-4-6-18(15)25/h3-6,9-11H,7-8,12H2,1-2H3,(H,23,27)(H,24,28). The van der Waals surface area contributed by atoms with Crippen LogP contribution in [0.1, 0.15) is 27.0 Å². The number of hydrogen-bond donors (Lipinski definition) is 2. The molecule has 0 fully saturated rings. The molecule has 1 aliphatic rings. The van der Waals surface area contributed by atoms with E-state index in [9.17, 15) is 14.4 Å². The minimum absolute atomic E-state index is 0.00659. The van der Waals surface area contributed by atoms with Crippen molar-refractivity contribution in [3.63, 3.8) is 0 Å². The number of para-hydroxylation sites is 1. The first-order valence-electron chi connectivity index (χ1n) is 9.25. The summed E-state index contributed by atoms with van der Waals surface area (Å²) in [4.78, 5) is 41.9. The van der Waals surface area contributed by atoms with E-state index in [0.717, 1.165) is 39.7 Å². The van der Waals surface area contributed by atoms with E-state index in [2.05, 4.69) is 10.3 Å². The Morgan fingerprint density at radius 3 is 2.75 bits per heavy atom. The lowest BCUT2D eigenvalue weighted by Crippen LogP contribution is -2.40. The molecule has 28 heavy (non-hydrogen) atoms. The second-order valence-corrected chi connectivity index (χ2v) is 7.16. The molecular weight excluding hydrogens is 354 g/mol. The van der Waals surface area contributed by atoms with Crippen LogP contribution in [0.3, 0.4) is 0 Å². The van der Waals surface area contributed by atoms with Crippen molar-refractivity contribution in [1.82, 2.24) is 10.3 Å². The molecule has 2 aromatic carbocycles. The zero-order chi connectivity index (χ0) is 19.8. The molecule has 0 spiro atoms. The first-order valence-corrected chi connectivity index (χ1v) is 9.25. The molecule has 2 heterocycles. The predicted molar refractivity (Wildman–Crippen MR) is 109 cm³/mol. The average molecular weight is 375 g/mol. The van der Waals surface area contributed by atoms with Crippen LogP contribution in [0.4, 0.5) is 5.69 Å². The van der Waals surface area contributed by atoms with Gasteiger partial charge in [0.05, 0.1) is 12.1 Å². The van der Waals surface area contributed by atoms with E-state index >= 15 is 0 Å². The molecule has 4 rings (SSSR count). The van der Waals surface area contributed by atoms with Gasteiger partial charge in [-0.25, -0.2) is 0 Å². The Balaban J connectivity index is 1.52. The maximum Gasteiger partial charge on any atom is 0.261 e. The summed E-state index contributed by atoms with van der Waals surface area (Å²) in [6, 6.07) is 13.2. The molecular formula is C22H21N3O3.